The molecule has 0 saturated carbocycles. The monoisotopic (exact) mass is 602 g/mol. The molecule has 0 heterocycles. The van der Waals surface area contributed by atoms with E-state index in [9.17, 15) is 0 Å². The van der Waals surface area contributed by atoms with Crippen molar-refractivity contribution in [2.45, 2.75) is 85.0 Å². The Morgan fingerprint density at radius 2 is 1.48 bits per heavy atom. The summed E-state index contributed by atoms with van der Waals surface area (Å²) < 4.78 is 0. The maximum Gasteiger partial charge on any atom is 0.0278 e. The minimum Gasteiger partial charge on any atom is -0.0721 e. The van der Waals surface area contributed by atoms with Gasteiger partial charge in [-0.1, -0.05) is 79.6 Å². The van der Waals surface area contributed by atoms with Gasteiger partial charge in [-0.2, -0.15) is 0 Å². The van der Waals surface area contributed by atoms with E-state index in [1.807, 2.05) is 0 Å². The fourth-order valence-electron chi connectivity index (χ4n) is 7.26. The molecule has 0 fully saturated rings. The molecule has 2 unspecified atom stereocenters. The van der Waals surface area contributed by atoms with Crippen LogP contribution in [0.3, 0.4) is 0 Å². The molecule has 0 amide bonds. The first-order valence-electron chi connectivity index (χ1n) is 12.6. The van der Waals surface area contributed by atoms with Gasteiger partial charge in [-0.3, -0.25) is 0 Å². The number of fused-ring (bicyclic) bond motifs is 3. The molecule has 3 aliphatic carbocycles. The third kappa shape index (κ3) is 3.48. The third-order valence-corrected chi connectivity index (χ3v) is 9.64. The molecule has 33 heavy (non-hydrogen) atoms. The van der Waals surface area contributed by atoms with Crippen LogP contribution in [0.1, 0.15) is 94.5 Å². The minimum absolute atomic E-state index is 0. The van der Waals surface area contributed by atoms with Gasteiger partial charge >= 0.3 is 0 Å². The first kappa shape index (κ1) is 24.6. The Labute approximate surface area is 220 Å². The zero-order chi connectivity index (χ0) is 22.7. The number of hydrogen-bond donors (Lipinski definition) is 0. The molecule has 0 saturated heterocycles. The van der Waals surface area contributed by atoms with Gasteiger partial charge in [0.25, 0.3) is 0 Å². The summed E-state index contributed by atoms with van der Waals surface area (Å²) in [4.78, 5) is 0. The molecule has 0 spiro atoms. The molecule has 2 aromatic rings. The molecule has 5 rings (SSSR count). The maximum atomic E-state index is 2.62. The maximum absolute atomic E-state index is 2.62. The fraction of sp³-hybridized carbons (Fsp3) is 0.438. The van der Waals surface area contributed by atoms with Crippen LogP contribution in [0, 0.1) is 5.41 Å². The second kappa shape index (κ2) is 8.95. The van der Waals surface area contributed by atoms with Gasteiger partial charge in [-0.25, -0.2) is 0 Å². The summed E-state index contributed by atoms with van der Waals surface area (Å²) >= 11 is 0. The largest absolute Gasteiger partial charge is 0.0721 e. The molecule has 0 aliphatic heterocycles. The van der Waals surface area contributed by atoms with Crippen LogP contribution in [0.2, 0.25) is 0 Å². The number of benzene rings is 2. The van der Waals surface area contributed by atoms with Crippen molar-refractivity contribution in [3.63, 3.8) is 0 Å². The van der Waals surface area contributed by atoms with E-state index in [0.29, 0.717) is 5.92 Å². The van der Waals surface area contributed by atoms with E-state index < -0.39 is 0 Å². The van der Waals surface area contributed by atoms with E-state index in [0.717, 1.165) is 6.42 Å². The molecular formula is C32H38Hf. The van der Waals surface area contributed by atoms with Crippen molar-refractivity contribution in [1.29, 1.82) is 0 Å². The molecule has 2 aromatic carbocycles. The number of aryl methyl sites for hydroxylation is 1. The van der Waals surface area contributed by atoms with Gasteiger partial charge in [0.1, 0.15) is 0 Å². The van der Waals surface area contributed by atoms with Crippen LogP contribution in [0.5, 0.6) is 0 Å². The molecule has 1 heteroatoms. The van der Waals surface area contributed by atoms with Gasteiger partial charge in [0.15, 0.2) is 0 Å². The van der Waals surface area contributed by atoms with Crippen LogP contribution in [-0.4, -0.2) is 0 Å². The van der Waals surface area contributed by atoms with Crippen LogP contribution in [-0.2, 0) is 44.1 Å². The average molecular weight is 601 g/mol. The van der Waals surface area contributed by atoms with Gasteiger partial charge in [-0.15, -0.1) is 0 Å². The molecule has 2 atom stereocenters. The van der Waals surface area contributed by atoms with Gasteiger partial charge in [0.05, 0.1) is 0 Å². The Morgan fingerprint density at radius 3 is 2.15 bits per heavy atom. The normalized spacial score (nSPS) is 23.9. The van der Waals surface area contributed by atoms with Gasteiger partial charge in [-0.05, 0) is 105 Å². The Balaban J connectivity index is 0.00000259. The van der Waals surface area contributed by atoms with Crippen molar-refractivity contribution < 1.29 is 25.8 Å². The van der Waals surface area contributed by atoms with Crippen molar-refractivity contribution in [3.05, 3.63) is 98.7 Å². The van der Waals surface area contributed by atoms with Crippen molar-refractivity contribution in [3.8, 4) is 0 Å². The number of hydrogen-bond acceptors (Lipinski definition) is 0. The predicted molar refractivity (Wildman–Crippen MR) is 138 cm³/mol. The van der Waals surface area contributed by atoms with Gasteiger partial charge in [0.2, 0.25) is 0 Å². The van der Waals surface area contributed by atoms with Gasteiger partial charge in [0, 0.05) is 36.7 Å². The molecule has 0 nitrogen and oxygen atoms in total. The summed E-state index contributed by atoms with van der Waals surface area (Å²) in [5, 5.41) is 0. The third-order valence-electron chi connectivity index (χ3n) is 9.64. The molecule has 170 valence electrons. The molecule has 0 bridgehead atoms. The molecule has 0 N–H and O–H groups in total. The minimum atomic E-state index is -0.00649. The second-order valence-corrected chi connectivity index (χ2v) is 10.8. The standard InChI is InChI=1S/C32H38.Hf/c1-21(26-12-8-7-9-13-26)20-32(31(6)24(4)22(2)23(3)25(31)5)19-18-28-17-16-27-14-10-11-15-29(27)30(28)32;/h7-9,12-13,16-19,21H,10-11,14-15,20H2,1-6H3;. The number of allylic oxidation sites excluding steroid dienone is 5. The quantitative estimate of drug-likeness (QED) is 0.308. The van der Waals surface area contributed by atoms with E-state index in [1.54, 1.807) is 27.8 Å². The fourth-order valence-corrected chi connectivity index (χ4v) is 7.26. The van der Waals surface area contributed by atoms with E-state index in [-0.39, 0.29) is 36.7 Å². The molecule has 0 aromatic heterocycles. The topological polar surface area (TPSA) is 0 Å². The average Bonchev–Trinajstić information content (AvgIpc) is 3.28. The first-order chi connectivity index (χ1) is 15.3. The summed E-state index contributed by atoms with van der Waals surface area (Å²) in [5.74, 6) is 0.491. The molecule has 3 aliphatic rings. The van der Waals surface area contributed by atoms with E-state index in [2.05, 4.69) is 96.2 Å². The Bertz CT molecular complexity index is 1140. The van der Waals surface area contributed by atoms with E-state index >= 15 is 0 Å². The number of rotatable bonds is 4. The second-order valence-electron chi connectivity index (χ2n) is 10.8. The Kier molecular flexibility index (Phi) is 6.69. The zero-order valence-corrected chi connectivity index (χ0v) is 24.9. The van der Waals surface area contributed by atoms with Crippen molar-refractivity contribution in [1.82, 2.24) is 0 Å². The summed E-state index contributed by atoms with van der Waals surface area (Å²) in [6.07, 6.45) is 11.4. The SMILES string of the molecule is CC1=C(C)C(C)(C2(CC(C)c3ccccc3)C=Cc3ccc4c(c32)CCCC4)C(C)=C1C.[Hf]. The van der Waals surface area contributed by atoms with E-state index in [4.69, 9.17) is 0 Å². The molecule has 0 radical (unpaired) electrons. The van der Waals surface area contributed by atoms with E-state index in [1.165, 1.54) is 48.0 Å². The van der Waals surface area contributed by atoms with Gasteiger partial charge < -0.3 is 0 Å². The van der Waals surface area contributed by atoms with Crippen molar-refractivity contribution in [2.75, 3.05) is 0 Å². The Hall–Kier alpha value is -1.47. The first-order valence-corrected chi connectivity index (χ1v) is 12.6. The van der Waals surface area contributed by atoms with Crippen LogP contribution in [0.15, 0.2) is 70.8 Å². The summed E-state index contributed by atoms with van der Waals surface area (Å²) in [7, 11) is 0. The van der Waals surface area contributed by atoms with Crippen LogP contribution < -0.4 is 0 Å². The van der Waals surface area contributed by atoms with Crippen LogP contribution in [0.25, 0.3) is 6.08 Å². The predicted octanol–water partition coefficient (Wildman–Crippen LogP) is 8.71. The smallest absolute Gasteiger partial charge is 0.0278 e. The Morgan fingerprint density at radius 1 is 0.848 bits per heavy atom. The summed E-state index contributed by atoms with van der Waals surface area (Å²) in [5.41, 5.74) is 14.0. The summed E-state index contributed by atoms with van der Waals surface area (Å²) in [6, 6.07) is 16.0. The van der Waals surface area contributed by atoms with Crippen LogP contribution >= 0.6 is 0 Å². The molecular weight excluding hydrogens is 563 g/mol. The summed E-state index contributed by atoms with van der Waals surface area (Å²) in [6.45, 7) is 14.5. The van der Waals surface area contributed by atoms with Crippen molar-refractivity contribution in [2.24, 2.45) is 5.41 Å². The van der Waals surface area contributed by atoms with Crippen LogP contribution in [0.4, 0.5) is 0 Å². The van der Waals surface area contributed by atoms with Crippen molar-refractivity contribution >= 4 is 6.08 Å². The zero-order valence-electron chi connectivity index (χ0n) is 21.3.